The number of amides is 2. The Kier molecular flexibility index (Phi) is 4.52. The molecule has 136 valence electrons. The van der Waals surface area contributed by atoms with Crippen molar-refractivity contribution in [2.75, 3.05) is 17.2 Å². The average molecular weight is 363 g/mol. The third-order valence-electron chi connectivity index (χ3n) is 4.19. The van der Waals surface area contributed by atoms with Crippen LogP contribution in [0.4, 0.5) is 11.6 Å². The summed E-state index contributed by atoms with van der Waals surface area (Å²) >= 11 is 0. The fourth-order valence-corrected chi connectivity index (χ4v) is 3.00. The molecule has 3 aromatic rings. The second-order valence-corrected chi connectivity index (χ2v) is 6.04. The van der Waals surface area contributed by atoms with Crippen molar-refractivity contribution < 1.29 is 14.3 Å². The van der Waals surface area contributed by atoms with Crippen LogP contribution in [0, 0.1) is 0 Å². The molecule has 8 nitrogen and oxygen atoms in total. The zero-order valence-corrected chi connectivity index (χ0v) is 14.3. The zero-order valence-electron chi connectivity index (χ0n) is 14.3. The van der Waals surface area contributed by atoms with Crippen LogP contribution >= 0.6 is 0 Å². The van der Waals surface area contributed by atoms with Crippen molar-refractivity contribution in [3.63, 3.8) is 0 Å². The summed E-state index contributed by atoms with van der Waals surface area (Å²) in [4.78, 5) is 28.2. The SMILES string of the molecule is O=C(COc1ccccc1[C@H]1CC(=O)Nc2ncnn21)Nc1ccccc1. The van der Waals surface area contributed by atoms with Crippen LogP contribution in [0.25, 0.3) is 0 Å². The second-order valence-electron chi connectivity index (χ2n) is 6.04. The predicted molar refractivity (Wildman–Crippen MR) is 98.4 cm³/mol. The number of hydrogen-bond acceptors (Lipinski definition) is 5. The Balaban J connectivity index is 1.51. The number of ether oxygens (including phenoxy) is 1. The minimum Gasteiger partial charge on any atom is -0.483 e. The van der Waals surface area contributed by atoms with Crippen molar-refractivity contribution in [1.82, 2.24) is 14.8 Å². The number of para-hydroxylation sites is 2. The Morgan fingerprint density at radius 3 is 2.81 bits per heavy atom. The predicted octanol–water partition coefficient (Wildman–Crippen LogP) is 2.23. The van der Waals surface area contributed by atoms with Gasteiger partial charge in [-0.15, -0.1) is 0 Å². The van der Waals surface area contributed by atoms with Gasteiger partial charge >= 0.3 is 0 Å². The quantitative estimate of drug-likeness (QED) is 0.724. The van der Waals surface area contributed by atoms with E-state index in [9.17, 15) is 9.59 Å². The molecule has 0 saturated heterocycles. The highest BCUT2D eigenvalue weighted by Crippen LogP contribution is 2.33. The van der Waals surface area contributed by atoms with Gasteiger partial charge in [0.05, 0.1) is 12.5 Å². The summed E-state index contributed by atoms with van der Waals surface area (Å²) in [6.07, 6.45) is 1.61. The number of rotatable bonds is 5. The van der Waals surface area contributed by atoms with E-state index in [1.54, 1.807) is 22.9 Å². The van der Waals surface area contributed by atoms with Crippen LogP contribution in [-0.2, 0) is 9.59 Å². The summed E-state index contributed by atoms with van der Waals surface area (Å²) in [6, 6.07) is 16.1. The first-order chi connectivity index (χ1) is 13.2. The van der Waals surface area contributed by atoms with Crippen molar-refractivity contribution in [3.05, 3.63) is 66.5 Å². The maximum Gasteiger partial charge on any atom is 0.262 e. The summed E-state index contributed by atoms with van der Waals surface area (Å²) < 4.78 is 7.39. The molecule has 0 fully saturated rings. The molecule has 2 aromatic carbocycles. The fourth-order valence-electron chi connectivity index (χ4n) is 3.00. The summed E-state index contributed by atoms with van der Waals surface area (Å²) in [7, 11) is 0. The third kappa shape index (κ3) is 3.64. The molecule has 8 heteroatoms. The van der Waals surface area contributed by atoms with Crippen LogP contribution < -0.4 is 15.4 Å². The minimum atomic E-state index is -0.343. The molecule has 2 heterocycles. The van der Waals surface area contributed by atoms with E-state index in [1.807, 2.05) is 36.4 Å². The van der Waals surface area contributed by atoms with Gasteiger partial charge in [0.15, 0.2) is 6.61 Å². The average Bonchev–Trinajstić information content (AvgIpc) is 3.15. The number of nitrogens with zero attached hydrogens (tertiary/aromatic N) is 3. The number of aromatic nitrogens is 3. The van der Waals surface area contributed by atoms with E-state index in [0.717, 1.165) is 5.56 Å². The molecule has 4 rings (SSSR count). The van der Waals surface area contributed by atoms with Gasteiger partial charge in [0, 0.05) is 11.3 Å². The van der Waals surface area contributed by atoms with Crippen LogP contribution in [0.1, 0.15) is 18.0 Å². The molecule has 0 saturated carbocycles. The molecule has 27 heavy (non-hydrogen) atoms. The highest BCUT2D eigenvalue weighted by atomic mass is 16.5. The maximum absolute atomic E-state index is 12.2. The molecule has 2 N–H and O–H groups in total. The summed E-state index contributed by atoms with van der Waals surface area (Å²) in [6.45, 7) is -0.144. The van der Waals surface area contributed by atoms with Gasteiger partial charge in [0.1, 0.15) is 12.1 Å². The van der Waals surface area contributed by atoms with Gasteiger partial charge in [0.25, 0.3) is 5.91 Å². The van der Waals surface area contributed by atoms with Crippen LogP contribution in [-0.4, -0.2) is 33.2 Å². The molecule has 0 aliphatic carbocycles. The van der Waals surface area contributed by atoms with Gasteiger partial charge in [-0.2, -0.15) is 10.1 Å². The van der Waals surface area contributed by atoms with Crippen LogP contribution in [0.15, 0.2) is 60.9 Å². The molecule has 0 spiro atoms. The molecular weight excluding hydrogens is 346 g/mol. The summed E-state index contributed by atoms with van der Waals surface area (Å²) in [5, 5.41) is 9.65. The number of carbonyl (C=O) groups is 2. The van der Waals surface area contributed by atoms with E-state index in [4.69, 9.17) is 4.74 Å². The zero-order chi connectivity index (χ0) is 18.6. The van der Waals surface area contributed by atoms with Gasteiger partial charge in [-0.3, -0.25) is 14.9 Å². The monoisotopic (exact) mass is 363 g/mol. The number of anilines is 2. The first-order valence-electron chi connectivity index (χ1n) is 8.46. The Hall–Kier alpha value is -3.68. The van der Waals surface area contributed by atoms with Crippen LogP contribution in [0.3, 0.4) is 0 Å². The maximum atomic E-state index is 12.2. The lowest BCUT2D eigenvalue weighted by atomic mass is 10.0. The van der Waals surface area contributed by atoms with E-state index in [2.05, 4.69) is 20.7 Å². The highest BCUT2D eigenvalue weighted by molar-refractivity contribution is 5.92. The molecule has 1 aliphatic rings. The van der Waals surface area contributed by atoms with Gasteiger partial charge in [-0.05, 0) is 18.2 Å². The van der Waals surface area contributed by atoms with Crippen molar-refractivity contribution in [2.24, 2.45) is 0 Å². The van der Waals surface area contributed by atoms with Crippen molar-refractivity contribution in [1.29, 1.82) is 0 Å². The fraction of sp³-hybridized carbons (Fsp3) is 0.158. The van der Waals surface area contributed by atoms with E-state index in [0.29, 0.717) is 17.4 Å². The van der Waals surface area contributed by atoms with Crippen LogP contribution in [0.2, 0.25) is 0 Å². The molecule has 1 aromatic heterocycles. The minimum absolute atomic E-state index is 0.142. The van der Waals surface area contributed by atoms with E-state index >= 15 is 0 Å². The number of benzene rings is 2. The topological polar surface area (TPSA) is 98.1 Å². The molecule has 0 bridgehead atoms. The van der Waals surface area contributed by atoms with Crippen molar-refractivity contribution in [3.8, 4) is 5.75 Å². The third-order valence-corrected chi connectivity index (χ3v) is 4.19. The normalized spacial score (nSPS) is 15.6. The van der Waals surface area contributed by atoms with Gasteiger partial charge in [0.2, 0.25) is 11.9 Å². The number of carbonyl (C=O) groups excluding carboxylic acids is 2. The molecule has 0 radical (unpaired) electrons. The van der Waals surface area contributed by atoms with Gasteiger partial charge in [-0.1, -0.05) is 36.4 Å². The number of nitrogens with one attached hydrogen (secondary N) is 2. The lowest BCUT2D eigenvalue weighted by Crippen LogP contribution is -2.29. The number of fused-ring (bicyclic) bond motifs is 1. The first-order valence-corrected chi connectivity index (χ1v) is 8.46. The highest BCUT2D eigenvalue weighted by Gasteiger charge is 2.29. The lowest BCUT2D eigenvalue weighted by molar-refractivity contribution is -0.118. The van der Waals surface area contributed by atoms with Gasteiger partial charge in [-0.25, -0.2) is 4.68 Å². The Morgan fingerprint density at radius 2 is 1.96 bits per heavy atom. The first kappa shape index (κ1) is 16.8. The number of hydrogen-bond donors (Lipinski definition) is 2. The molecule has 0 unspecified atom stereocenters. The lowest BCUT2D eigenvalue weighted by Gasteiger charge is -2.25. The van der Waals surface area contributed by atoms with E-state index < -0.39 is 0 Å². The van der Waals surface area contributed by atoms with Crippen molar-refractivity contribution >= 4 is 23.5 Å². The molecule has 2 amide bonds. The summed E-state index contributed by atoms with van der Waals surface area (Å²) in [5.74, 6) is 0.519. The van der Waals surface area contributed by atoms with E-state index in [-0.39, 0.29) is 30.9 Å². The molecule has 1 atom stereocenters. The summed E-state index contributed by atoms with van der Waals surface area (Å²) in [5.41, 5.74) is 1.47. The second kappa shape index (κ2) is 7.28. The Bertz CT molecular complexity index is 970. The van der Waals surface area contributed by atoms with Crippen molar-refractivity contribution in [2.45, 2.75) is 12.5 Å². The Labute approximate surface area is 155 Å². The van der Waals surface area contributed by atoms with Gasteiger partial charge < -0.3 is 10.1 Å². The smallest absolute Gasteiger partial charge is 0.262 e. The van der Waals surface area contributed by atoms with Crippen LogP contribution in [0.5, 0.6) is 5.75 Å². The molecule has 1 aliphatic heterocycles. The largest absolute Gasteiger partial charge is 0.483 e. The Morgan fingerprint density at radius 1 is 1.19 bits per heavy atom. The van der Waals surface area contributed by atoms with E-state index in [1.165, 1.54) is 6.33 Å². The molecular formula is C19H17N5O3. The standard InChI is InChI=1S/C19H17N5O3/c25-17-10-15(24-19(23-17)20-12-21-24)14-8-4-5-9-16(14)27-11-18(26)22-13-6-2-1-3-7-13/h1-9,12,15H,10-11H2,(H,22,26)(H,20,21,23,25)/t15-/m1/s1.